The third-order valence-electron chi connectivity index (χ3n) is 5.33. The van der Waals surface area contributed by atoms with Crippen molar-refractivity contribution in [1.82, 2.24) is 15.2 Å². The van der Waals surface area contributed by atoms with E-state index in [2.05, 4.69) is 36.3 Å². The Balaban J connectivity index is 1.73. The number of pyridine rings is 1. The van der Waals surface area contributed by atoms with E-state index in [4.69, 9.17) is 14.1 Å². The summed E-state index contributed by atoms with van der Waals surface area (Å²) < 4.78 is 23.9. The number of halogens is 1. The maximum atomic E-state index is 12.6. The summed E-state index contributed by atoms with van der Waals surface area (Å²) in [4.78, 5) is 4.84. The van der Waals surface area contributed by atoms with Crippen molar-refractivity contribution in [3.8, 4) is 17.3 Å². The number of nitrogens with one attached hydrogen (secondary N) is 1. The molecular weight excluding hydrogens is 387 g/mol. The molecule has 2 aromatic heterocycles. The van der Waals surface area contributed by atoms with Crippen LogP contribution in [0.3, 0.4) is 0 Å². The number of aryl methyl sites for hydroxylation is 1. The van der Waals surface area contributed by atoms with Crippen LogP contribution in [0.15, 0.2) is 22.6 Å². The van der Waals surface area contributed by atoms with Crippen molar-refractivity contribution in [3.05, 3.63) is 29.3 Å². The highest BCUT2D eigenvalue weighted by molar-refractivity contribution is 5.89. The fourth-order valence-electron chi connectivity index (χ4n) is 3.65. The number of hydrogen-bond donors (Lipinski definition) is 2. The number of aliphatic hydroxyl groups excluding tert-OH is 1. The van der Waals surface area contributed by atoms with Gasteiger partial charge >= 0.3 is 6.01 Å². The fraction of sp³-hybridized carbons (Fsp3) is 0.500. The van der Waals surface area contributed by atoms with Crippen molar-refractivity contribution < 1.29 is 18.7 Å². The molecule has 0 saturated heterocycles. The lowest BCUT2D eigenvalue weighted by Gasteiger charge is -2.30. The summed E-state index contributed by atoms with van der Waals surface area (Å²) in [5.74, 6) is 0.967. The quantitative estimate of drug-likeness (QED) is 0.625. The van der Waals surface area contributed by atoms with Gasteiger partial charge in [0.1, 0.15) is 24.7 Å². The zero-order valence-corrected chi connectivity index (χ0v) is 17.7. The van der Waals surface area contributed by atoms with E-state index in [-0.39, 0.29) is 24.2 Å². The van der Waals surface area contributed by atoms with Gasteiger partial charge in [-0.05, 0) is 54.5 Å². The Kier molecular flexibility index (Phi) is 5.36. The lowest BCUT2D eigenvalue weighted by atomic mass is 9.84. The SMILES string of the molecule is Cc1cc(-c2nnc(NC3CC(O)C3)o2)nc2c(C(C)(C)C)cc(OCCF)cc12. The van der Waals surface area contributed by atoms with Gasteiger partial charge < -0.3 is 19.6 Å². The molecule has 1 aliphatic carbocycles. The molecule has 3 aromatic rings. The Bertz CT molecular complexity index is 1050. The predicted octanol–water partition coefficient (Wildman–Crippen LogP) is 4.17. The Morgan fingerprint density at radius 1 is 1.23 bits per heavy atom. The molecule has 0 amide bonds. The van der Waals surface area contributed by atoms with Crippen LogP contribution in [-0.4, -0.2) is 45.7 Å². The van der Waals surface area contributed by atoms with E-state index in [0.29, 0.717) is 36.2 Å². The molecule has 2 heterocycles. The second-order valence-corrected chi connectivity index (χ2v) is 8.86. The first kappa shape index (κ1) is 20.5. The first-order valence-electron chi connectivity index (χ1n) is 10.2. The third kappa shape index (κ3) is 4.09. The summed E-state index contributed by atoms with van der Waals surface area (Å²) in [6.45, 7) is 7.79. The number of fused-ring (bicyclic) bond motifs is 1. The molecule has 30 heavy (non-hydrogen) atoms. The zero-order valence-electron chi connectivity index (χ0n) is 17.7. The first-order valence-corrected chi connectivity index (χ1v) is 10.2. The van der Waals surface area contributed by atoms with E-state index in [9.17, 15) is 9.50 Å². The molecule has 2 N–H and O–H groups in total. The van der Waals surface area contributed by atoms with E-state index < -0.39 is 6.67 Å². The van der Waals surface area contributed by atoms with Crippen molar-refractivity contribution in [3.63, 3.8) is 0 Å². The van der Waals surface area contributed by atoms with Crippen LogP contribution in [0.4, 0.5) is 10.4 Å². The van der Waals surface area contributed by atoms with Gasteiger partial charge in [0, 0.05) is 11.4 Å². The van der Waals surface area contributed by atoms with Gasteiger partial charge in [-0.15, -0.1) is 5.10 Å². The smallest absolute Gasteiger partial charge is 0.316 e. The van der Waals surface area contributed by atoms with Crippen LogP contribution >= 0.6 is 0 Å². The molecule has 0 spiro atoms. The highest BCUT2D eigenvalue weighted by Gasteiger charge is 2.28. The van der Waals surface area contributed by atoms with Crippen LogP contribution in [0.1, 0.15) is 44.7 Å². The molecule has 1 saturated carbocycles. The molecule has 0 aliphatic heterocycles. The van der Waals surface area contributed by atoms with Crippen molar-refractivity contribution in [1.29, 1.82) is 0 Å². The number of benzene rings is 1. The molecule has 0 unspecified atom stereocenters. The second kappa shape index (κ2) is 7.83. The number of nitrogens with zero attached hydrogens (tertiary/aromatic N) is 3. The molecule has 1 aromatic carbocycles. The number of anilines is 1. The van der Waals surface area contributed by atoms with Gasteiger partial charge in [0.05, 0.1) is 11.6 Å². The number of ether oxygens (including phenoxy) is 1. The van der Waals surface area contributed by atoms with Gasteiger partial charge in [-0.25, -0.2) is 9.37 Å². The molecule has 0 bridgehead atoms. The van der Waals surface area contributed by atoms with E-state index in [1.807, 2.05) is 25.1 Å². The number of aromatic nitrogens is 3. The number of aliphatic hydroxyl groups is 1. The molecule has 4 rings (SSSR count). The van der Waals surface area contributed by atoms with Crippen LogP contribution < -0.4 is 10.1 Å². The number of alkyl halides is 1. The van der Waals surface area contributed by atoms with Gasteiger partial charge in [-0.3, -0.25) is 0 Å². The topological polar surface area (TPSA) is 93.3 Å². The van der Waals surface area contributed by atoms with Gasteiger partial charge in [-0.1, -0.05) is 25.9 Å². The Morgan fingerprint density at radius 3 is 2.67 bits per heavy atom. The first-order chi connectivity index (χ1) is 14.2. The van der Waals surface area contributed by atoms with E-state index >= 15 is 0 Å². The third-order valence-corrected chi connectivity index (χ3v) is 5.33. The minimum Gasteiger partial charge on any atom is -0.491 e. The van der Waals surface area contributed by atoms with E-state index in [1.165, 1.54) is 0 Å². The van der Waals surface area contributed by atoms with Crippen molar-refractivity contribution in [2.24, 2.45) is 0 Å². The molecule has 1 aliphatic rings. The summed E-state index contributed by atoms with van der Waals surface area (Å²) in [6.07, 6.45) is 1.09. The van der Waals surface area contributed by atoms with Crippen molar-refractivity contribution >= 4 is 16.9 Å². The standard InChI is InChI=1S/C22H27FN4O3/c1-12-7-18(20-26-27-21(30-20)24-13-8-14(28)9-13)25-19-16(12)10-15(29-6-5-23)11-17(19)22(2,3)4/h7,10-11,13-14,28H,5-6,8-9H2,1-4H3,(H,24,27). The summed E-state index contributed by atoms with van der Waals surface area (Å²) in [7, 11) is 0. The summed E-state index contributed by atoms with van der Waals surface area (Å²) in [6, 6.07) is 6.20. The van der Waals surface area contributed by atoms with Crippen molar-refractivity contribution in [2.75, 3.05) is 18.6 Å². The molecule has 0 atom stereocenters. The second-order valence-electron chi connectivity index (χ2n) is 8.86. The minimum absolute atomic E-state index is 0.0232. The Morgan fingerprint density at radius 2 is 2.00 bits per heavy atom. The summed E-state index contributed by atoms with van der Waals surface area (Å²) in [5.41, 5.74) is 3.22. The molecule has 7 nitrogen and oxygen atoms in total. The zero-order chi connectivity index (χ0) is 21.5. The largest absolute Gasteiger partial charge is 0.491 e. The highest BCUT2D eigenvalue weighted by Crippen LogP contribution is 2.36. The van der Waals surface area contributed by atoms with Crippen molar-refractivity contribution in [2.45, 2.75) is 58.1 Å². The van der Waals surface area contributed by atoms with Gasteiger partial charge in [0.25, 0.3) is 5.89 Å². The van der Waals surface area contributed by atoms with Gasteiger partial charge in [-0.2, -0.15) is 0 Å². The molecule has 0 radical (unpaired) electrons. The monoisotopic (exact) mass is 414 g/mol. The van der Waals surface area contributed by atoms with Gasteiger partial charge in [0.15, 0.2) is 0 Å². The lowest BCUT2D eigenvalue weighted by molar-refractivity contribution is 0.0828. The van der Waals surface area contributed by atoms with Crippen LogP contribution in [0.2, 0.25) is 0 Å². The van der Waals surface area contributed by atoms with Crippen LogP contribution in [0.5, 0.6) is 5.75 Å². The average Bonchev–Trinajstić information content (AvgIpc) is 3.12. The maximum Gasteiger partial charge on any atom is 0.316 e. The van der Waals surface area contributed by atoms with Crippen LogP contribution in [0.25, 0.3) is 22.5 Å². The van der Waals surface area contributed by atoms with Crippen LogP contribution in [0, 0.1) is 6.92 Å². The Hall–Kier alpha value is -2.74. The molecule has 8 heteroatoms. The lowest BCUT2D eigenvalue weighted by Crippen LogP contribution is -2.39. The molecule has 1 fully saturated rings. The molecular formula is C22H27FN4O3. The van der Waals surface area contributed by atoms with E-state index in [1.54, 1.807) is 0 Å². The number of rotatable bonds is 6. The Labute approximate surface area is 174 Å². The minimum atomic E-state index is -0.535. The predicted molar refractivity (Wildman–Crippen MR) is 113 cm³/mol. The average molecular weight is 414 g/mol. The normalized spacial score (nSPS) is 19.0. The maximum absolute atomic E-state index is 12.6. The number of hydrogen-bond acceptors (Lipinski definition) is 7. The van der Waals surface area contributed by atoms with Crippen LogP contribution in [-0.2, 0) is 5.41 Å². The van der Waals surface area contributed by atoms with Gasteiger partial charge in [0.2, 0.25) is 0 Å². The summed E-state index contributed by atoms with van der Waals surface area (Å²) in [5, 5.41) is 21.7. The fourth-order valence-corrected chi connectivity index (χ4v) is 3.65. The summed E-state index contributed by atoms with van der Waals surface area (Å²) >= 11 is 0. The van der Waals surface area contributed by atoms with E-state index in [0.717, 1.165) is 22.0 Å². The molecule has 160 valence electrons. The highest BCUT2D eigenvalue weighted by atomic mass is 19.1.